The van der Waals surface area contributed by atoms with Crippen LogP contribution in [0.3, 0.4) is 0 Å². The molecule has 1 aliphatic rings. The number of halogens is 2. The van der Waals surface area contributed by atoms with Gasteiger partial charge in [-0.2, -0.15) is 4.31 Å². The first-order chi connectivity index (χ1) is 7.89. The molecular formula is C11H16ClFN2O2S. The second kappa shape index (κ2) is 5.52. The molecule has 1 aliphatic heterocycles. The van der Waals surface area contributed by atoms with Gasteiger partial charge in [-0.05, 0) is 37.1 Å². The van der Waals surface area contributed by atoms with Gasteiger partial charge in [-0.3, -0.25) is 0 Å². The van der Waals surface area contributed by atoms with Gasteiger partial charge in [0.25, 0.3) is 0 Å². The summed E-state index contributed by atoms with van der Waals surface area (Å²) in [6.07, 6.45) is 0.646. The van der Waals surface area contributed by atoms with Crippen LogP contribution in [0.2, 0.25) is 0 Å². The van der Waals surface area contributed by atoms with Crippen molar-refractivity contribution in [3.63, 3.8) is 0 Å². The molecule has 0 spiro atoms. The van der Waals surface area contributed by atoms with E-state index in [1.807, 2.05) is 0 Å². The molecule has 1 aromatic carbocycles. The van der Waals surface area contributed by atoms with Crippen LogP contribution in [0.4, 0.5) is 4.39 Å². The maximum Gasteiger partial charge on any atom is 0.243 e. The second-order valence-electron chi connectivity index (χ2n) is 4.38. The van der Waals surface area contributed by atoms with Crippen molar-refractivity contribution in [3.8, 4) is 0 Å². The van der Waals surface area contributed by atoms with Gasteiger partial charge in [-0.1, -0.05) is 0 Å². The Morgan fingerprint density at radius 1 is 1.39 bits per heavy atom. The highest BCUT2D eigenvalue weighted by atomic mass is 35.5. The molecule has 7 heteroatoms. The topological polar surface area (TPSA) is 63.4 Å². The fraction of sp³-hybridized carbons (Fsp3) is 0.455. The number of nitrogens with zero attached hydrogens (tertiary/aromatic N) is 1. The van der Waals surface area contributed by atoms with Gasteiger partial charge in [0.1, 0.15) is 5.82 Å². The SMILES string of the molecule is Cc1cc(F)cc(S(=O)(=O)N2CC[C@@H](N)C2)c1.Cl. The number of hydrogen-bond acceptors (Lipinski definition) is 3. The Labute approximate surface area is 112 Å². The Kier molecular flexibility index (Phi) is 4.72. The third kappa shape index (κ3) is 3.00. The Balaban J connectivity index is 0.00000162. The first kappa shape index (κ1) is 15.4. The average molecular weight is 295 g/mol. The van der Waals surface area contributed by atoms with Gasteiger partial charge >= 0.3 is 0 Å². The zero-order valence-corrected chi connectivity index (χ0v) is 11.6. The smallest absolute Gasteiger partial charge is 0.243 e. The molecule has 0 unspecified atom stereocenters. The van der Waals surface area contributed by atoms with Crippen LogP contribution in [0.15, 0.2) is 23.1 Å². The van der Waals surface area contributed by atoms with Crippen LogP contribution in [-0.2, 0) is 10.0 Å². The van der Waals surface area contributed by atoms with Crippen molar-refractivity contribution in [1.82, 2.24) is 4.31 Å². The summed E-state index contributed by atoms with van der Waals surface area (Å²) in [7, 11) is -3.60. The molecular weight excluding hydrogens is 279 g/mol. The number of aryl methyl sites for hydroxylation is 1. The number of nitrogens with two attached hydrogens (primary N) is 1. The van der Waals surface area contributed by atoms with Crippen molar-refractivity contribution >= 4 is 22.4 Å². The van der Waals surface area contributed by atoms with Crippen LogP contribution in [-0.4, -0.2) is 31.9 Å². The summed E-state index contributed by atoms with van der Waals surface area (Å²) in [5.41, 5.74) is 6.27. The van der Waals surface area contributed by atoms with E-state index in [0.29, 0.717) is 25.1 Å². The third-order valence-corrected chi connectivity index (χ3v) is 4.68. The van der Waals surface area contributed by atoms with Gasteiger partial charge in [0, 0.05) is 19.1 Å². The Hall–Kier alpha value is -0.690. The van der Waals surface area contributed by atoms with Crippen molar-refractivity contribution in [2.45, 2.75) is 24.3 Å². The van der Waals surface area contributed by atoms with Crippen molar-refractivity contribution in [2.75, 3.05) is 13.1 Å². The van der Waals surface area contributed by atoms with Gasteiger partial charge in [0.05, 0.1) is 4.90 Å². The fourth-order valence-corrected chi connectivity index (χ4v) is 3.60. The van der Waals surface area contributed by atoms with Crippen LogP contribution >= 0.6 is 12.4 Å². The quantitative estimate of drug-likeness (QED) is 0.894. The van der Waals surface area contributed by atoms with Gasteiger partial charge < -0.3 is 5.73 Å². The van der Waals surface area contributed by atoms with E-state index in [2.05, 4.69) is 0 Å². The summed E-state index contributed by atoms with van der Waals surface area (Å²) in [6, 6.07) is 3.70. The normalized spacial score (nSPS) is 20.7. The maximum atomic E-state index is 13.2. The standard InChI is InChI=1S/C11H15FN2O2S.ClH/c1-8-4-9(12)6-11(5-8)17(15,16)14-3-2-10(13)7-14;/h4-6,10H,2-3,7,13H2,1H3;1H/t10-;/m1./s1. The molecule has 2 N–H and O–H groups in total. The number of rotatable bonds is 2. The summed E-state index contributed by atoms with van der Waals surface area (Å²) in [5, 5.41) is 0. The molecule has 0 aromatic heterocycles. The van der Waals surface area contributed by atoms with E-state index in [4.69, 9.17) is 5.73 Å². The molecule has 1 saturated heterocycles. The lowest BCUT2D eigenvalue weighted by Gasteiger charge is -2.16. The summed E-state index contributed by atoms with van der Waals surface area (Å²) in [4.78, 5) is 0.00380. The zero-order chi connectivity index (χ0) is 12.6. The van der Waals surface area contributed by atoms with Crippen molar-refractivity contribution < 1.29 is 12.8 Å². The van der Waals surface area contributed by atoms with Gasteiger partial charge in [0.15, 0.2) is 0 Å². The highest BCUT2D eigenvalue weighted by Crippen LogP contribution is 2.22. The molecule has 18 heavy (non-hydrogen) atoms. The molecule has 1 aromatic rings. The van der Waals surface area contributed by atoms with E-state index >= 15 is 0 Å². The number of hydrogen-bond donors (Lipinski definition) is 1. The lowest BCUT2D eigenvalue weighted by Crippen LogP contribution is -2.32. The lowest BCUT2D eigenvalue weighted by molar-refractivity contribution is 0.471. The lowest BCUT2D eigenvalue weighted by atomic mass is 10.2. The molecule has 2 rings (SSSR count). The summed E-state index contributed by atoms with van der Waals surface area (Å²) < 4.78 is 38.9. The summed E-state index contributed by atoms with van der Waals surface area (Å²) in [5.74, 6) is -0.535. The average Bonchev–Trinajstić information content (AvgIpc) is 2.64. The van der Waals surface area contributed by atoms with Crippen LogP contribution in [0.5, 0.6) is 0 Å². The zero-order valence-electron chi connectivity index (χ0n) is 9.97. The number of sulfonamides is 1. The molecule has 4 nitrogen and oxygen atoms in total. The maximum absolute atomic E-state index is 13.2. The predicted molar refractivity (Wildman–Crippen MR) is 69.7 cm³/mol. The first-order valence-corrected chi connectivity index (χ1v) is 6.86. The molecule has 0 amide bonds. The predicted octanol–water partition coefficient (Wildman–Crippen LogP) is 1.28. The minimum atomic E-state index is -3.60. The van der Waals surface area contributed by atoms with Crippen molar-refractivity contribution in [2.24, 2.45) is 5.73 Å². The van der Waals surface area contributed by atoms with Gasteiger partial charge in [-0.25, -0.2) is 12.8 Å². The van der Waals surface area contributed by atoms with Gasteiger partial charge in [0.2, 0.25) is 10.0 Å². The van der Waals surface area contributed by atoms with Crippen molar-refractivity contribution in [3.05, 3.63) is 29.6 Å². The van der Waals surface area contributed by atoms with Crippen molar-refractivity contribution in [1.29, 1.82) is 0 Å². The first-order valence-electron chi connectivity index (χ1n) is 5.42. The van der Waals surface area contributed by atoms with Crippen LogP contribution in [0.25, 0.3) is 0 Å². The Morgan fingerprint density at radius 3 is 2.56 bits per heavy atom. The second-order valence-corrected chi connectivity index (χ2v) is 6.31. The summed E-state index contributed by atoms with van der Waals surface area (Å²) >= 11 is 0. The molecule has 0 bridgehead atoms. The van der Waals surface area contributed by atoms with Crippen LogP contribution in [0, 0.1) is 12.7 Å². The van der Waals surface area contributed by atoms with Crippen LogP contribution < -0.4 is 5.73 Å². The van der Waals surface area contributed by atoms with Crippen LogP contribution in [0.1, 0.15) is 12.0 Å². The Morgan fingerprint density at radius 2 is 2.06 bits per heavy atom. The van der Waals surface area contributed by atoms with E-state index in [-0.39, 0.29) is 23.3 Å². The van der Waals surface area contributed by atoms with E-state index in [1.165, 1.54) is 16.4 Å². The Bertz CT molecular complexity index is 516. The highest BCUT2D eigenvalue weighted by molar-refractivity contribution is 7.89. The fourth-order valence-electron chi connectivity index (χ4n) is 1.97. The molecule has 1 fully saturated rings. The number of benzene rings is 1. The van der Waals surface area contributed by atoms with E-state index in [0.717, 1.165) is 6.07 Å². The molecule has 102 valence electrons. The monoisotopic (exact) mass is 294 g/mol. The van der Waals surface area contributed by atoms with E-state index in [9.17, 15) is 12.8 Å². The summed E-state index contributed by atoms with van der Waals surface area (Å²) in [6.45, 7) is 2.37. The molecule has 0 aliphatic carbocycles. The molecule has 0 radical (unpaired) electrons. The van der Waals surface area contributed by atoms with E-state index < -0.39 is 15.8 Å². The van der Waals surface area contributed by atoms with E-state index in [1.54, 1.807) is 6.92 Å². The minimum Gasteiger partial charge on any atom is -0.326 e. The molecule has 1 atom stereocenters. The molecule has 0 saturated carbocycles. The van der Waals surface area contributed by atoms with Gasteiger partial charge in [-0.15, -0.1) is 12.4 Å². The highest BCUT2D eigenvalue weighted by Gasteiger charge is 2.31. The minimum absolute atomic E-state index is 0. The molecule has 1 heterocycles. The largest absolute Gasteiger partial charge is 0.326 e. The third-order valence-electron chi connectivity index (χ3n) is 2.84.